The van der Waals surface area contributed by atoms with E-state index in [1.54, 1.807) is 18.2 Å². The first-order valence-corrected chi connectivity index (χ1v) is 12.8. The van der Waals surface area contributed by atoms with E-state index in [1.165, 1.54) is 11.8 Å². The Morgan fingerprint density at radius 3 is 2.42 bits per heavy atom. The molecule has 2 aromatic carbocycles. The third kappa shape index (κ3) is 8.01. The Labute approximate surface area is 237 Å². The highest BCUT2D eigenvalue weighted by molar-refractivity contribution is 6.33. The van der Waals surface area contributed by atoms with Crippen LogP contribution in [0.1, 0.15) is 30.4 Å². The molecule has 0 radical (unpaired) electrons. The molecule has 14 heteroatoms. The van der Waals surface area contributed by atoms with Gasteiger partial charge >= 0.3 is 12.1 Å². The fourth-order valence-electron chi connectivity index (χ4n) is 3.99. The molecule has 216 valence electrons. The lowest BCUT2D eigenvalue weighted by Crippen LogP contribution is -2.49. The SMILES string of the molecule is Cc1cc(F)c(F)c(OCC(=O)[C@H](CC(=O)O)NC(=O)C2CCN(C(=O)OCc3cc(Cl)ccc3Cl)CC2)c1F. The smallest absolute Gasteiger partial charge is 0.410 e. The molecule has 1 fully saturated rings. The van der Waals surface area contributed by atoms with Crippen LogP contribution < -0.4 is 10.1 Å². The van der Waals surface area contributed by atoms with Gasteiger partial charge in [0.25, 0.3) is 0 Å². The second-order valence-electron chi connectivity index (χ2n) is 9.10. The number of ether oxygens (including phenoxy) is 2. The van der Waals surface area contributed by atoms with Crippen molar-refractivity contribution in [2.75, 3.05) is 19.7 Å². The minimum absolute atomic E-state index is 0.108. The summed E-state index contributed by atoms with van der Waals surface area (Å²) in [5.74, 6) is -9.08. The van der Waals surface area contributed by atoms with Gasteiger partial charge in [0.1, 0.15) is 19.3 Å². The van der Waals surface area contributed by atoms with E-state index >= 15 is 0 Å². The highest BCUT2D eigenvalue weighted by atomic mass is 35.5. The topological polar surface area (TPSA) is 122 Å². The quantitative estimate of drug-likeness (QED) is 0.378. The summed E-state index contributed by atoms with van der Waals surface area (Å²) in [5.41, 5.74) is 0.258. The van der Waals surface area contributed by atoms with Crippen molar-refractivity contribution < 1.29 is 46.9 Å². The number of carboxylic acid groups (broad SMARTS) is 1. The Morgan fingerprint density at radius 2 is 1.77 bits per heavy atom. The standard InChI is InChI=1S/C26H25Cl2F3N2O7/c1-13-8-18(29)23(31)24(22(13)30)39-12-20(34)19(10-21(35)36)32-25(37)14-4-6-33(7-5-14)26(38)40-11-15-9-16(27)2-3-17(15)28/h2-3,8-9,14,19H,4-7,10-12H2,1H3,(H,32,37)(H,35,36)/t19-/m0/s1. The lowest BCUT2D eigenvalue weighted by atomic mass is 9.95. The van der Waals surface area contributed by atoms with Gasteiger partial charge in [0, 0.05) is 34.6 Å². The fourth-order valence-corrected chi connectivity index (χ4v) is 4.36. The maximum atomic E-state index is 14.2. The maximum Gasteiger partial charge on any atom is 0.410 e. The van der Waals surface area contributed by atoms with Crippen LogP contribution in [0, 0.1) is 30.3 Å². The van der Waals surface area contributed by atoms with Crippen LogP contribution in [0.2, 0.25) is 10.0 Å². The Hall–Kier alpha value is -3.51. The molecule has 0 aromatic heterocycles. The van der Waals surface area contributed by atoms with Gasteiger partial charge in [-0.05, 0) is 49.6 Å². The molecular weight excluding hydrogens is 580 g/mol. The van der Waals surface area contributed by atoms with Gasteiger partial charge in [0.05, 0.1) is 6.42 Å². The minimum atomic E-state index is -1.64. The average molecular weight is 605 g/mol. The summed E-state index contributed by atoms with van der Waals surface area (Å²) >= 11 is 12.0. The number of hydrogen-bond donors (Lipinski definition) is 2. The van der Waals surface area contributed by atoms with Crippen molar-refractivity contribution in [1.29, 1.82) is 0 Å². The van der Waals surface area contributed by atoms with Gasteiger partial charge in [0.2, 0.25) is 11.7 Å². The molecule has 0 spiro atoms. The van der Waals surface area contributed by atoms with Crippen LogP contribution in [-0.2, 0) is 25.7 Å². The highest BCUT2D eigenvalue weighted by Crippen LogP contribution is 2.27. The number of carboxylic acids is 1. The number of aliphatic carboxylic acids is 1. The van der Waals surface area contributed by atoms with Crippen LogP contribution in [0.4, 0.5) is 18.0 Å². The Balaban J connectivity index is 1.54. The number of halogens is 5. The number of carbonyl (C=O) groups excluding carboxylic acids is 3. The van der Waals surface area contributed by atoms with Gasteiger partial charge in [-0.2, -0.15) is 4.39 Å². The number of piperidine rings is 1. The van der Waals surface area contributed by atoms with E-state index in [1.807, 2.05) is 0 Å². The number of hydrogen-bond acceptors (Lipinski definition) is 6. The molecule has 9 nitrogen and oxygen atoms in total. The summed E-state index contributed by atoms with van der Waals surface area (Å²) in [4.78, 5) is 50.5. The van der Waals surface area contributed by atoms with Gasteiger partial charge in [-0.15, -0.1) is 0 Å². The number of Topliss-reactive ketones (excluding diaryl/α,β-unsaturated/α-hetero) is 1. The van der Waals surface area contributed by atoms with E-state index < -0.39 is 71.9 Å². The zero-order valence-electron chi connectivity index (χ0n) is 21.1. The third-order valence-electron chi connectivity index (χ3n) is 6.22. The van der Waals surface area contributed by atoms with Crippen molar-refractivity contribution in [1.82, 2.24) is 10.2 Å². The predicted molar refractivity (Wildman–Crippen MR) is 137 cm³/mol. The Morgan fingerprint density at radius 1 is 1.10 bits per heavy atom. The van der Waals surface area contributed by atoms with Crippen LogP contribution in [0.15, 0.2) is 24.3 Å². The van der Waals surface area contributed by atoms with Crippen molar-refractivity contribution in [2.45, 2.75) is 38.8 Å². The van der Waals surface area contributed by atoms with E-state index in [9.17, 15) is 37.5 Å². The van der Waals surface area contributed by atoms with Crippen molar-refractivity contribution in [2.24, 2.45) is 5.92 Å². The molecule has 3 rings (SSSR count). The molecule has 0 saturated carbocycles. The monoisotopic (exact) mass is 604 g/mol. The predicted octanol–water partition coefficient (Wildman–Crippen LogP) is 4.68. The summed E-state index contributed by atoms with van der Waals surface area (Å²) in [6.07, 6.45) is -1.05. The molecule has 2 N–H and O–H groups in total. The zero-order chi connectivity index (χ0) is 29.6. The third-order valence-corrected chi connectivity index (χ3v) is 6.83. The number of amides is 2. The number of carbonyl (C=O) groups is 4. The van der Waals surface area contributed by atoms with E-state index in [0.29, 0.717) is 21.7 Å². The van der Waals surface area contributed by atoms with E-state index in [4.69, 9.17) is 32.7 Å². The van der Waals surface area contributed by atoms with Gasteiger partial charge in [-0.1, -0.05) is 23.2 Å². The molecule has 0 bridgehead atoms. The Bertz CT molecular complexity index is 1280. The van der Waals surface area contributed by atoms with E-state index in [0.717, 1.165) is 0 Å². The summed E-state index contributed by atoms with van der Waals surface area (Å²) in [6.45, 7) is 0.342. The van der Waals surface area contributed by atoms with Crippen LogP contribution in [0.25, 0.3) is 0 Å². The number of benzene rings is 2. The summed E-state index contributed by atoms with van der Waals surface area (Å²) in [5, 5.41) is 12.3. The number of rotatable bonds is 10. The summed E-state index contributed by atoms with van der Waals surface area (Å²) in [6, 6.07) is 3.78. The van der Waals surface area contributed by atoms with Crippen LogP contribution in [0.5, 0.6) is 5.75 Å². The van der Waals surface area contributed by atoms with Crippen LogP contribution in [-0.4, -0.2) is 59.5 Å². The maximum absolute atomic E-state index is 14.2. The molecule has 0 aliphatic carbocycles. The fraction of sp³-hybridized carbons (Fsp3) is 0.385. The molecule has 1 aliphatic rings. The van der Waals surface area contributed by atoms with Crippen molar-refractivity contribution in [3.63, 3.8) is 0 Å². The number of aryl methyl sites for hydroxylation is 1. The Kier molecular flexibility index (Phi) is 10.6. The number of ketones is 1. The van der Waals surface area contributed by atoms with Crippen LogP contribution >= 0.6 is 23.2 Å². The molecule has 2 aromatic rings. The van der Waals surface area contributed by atoms with Gasteiger partial charge in [0.15, 0.2) is 23.2 Å². The van der Waals surface area contributed by atoms with Gasteiger partial charge in [-0.3, -0.25) is 14.4 Å². The molecular formula is C26H25Cl2F3N2O7. The summed E-state index contributed by atoms with van der Waals surface area (Å²) < 4.78 is 51.8. The molecule has 1 heterocycles. The number of nitrogens with one attached hydrogen (secondary N) is 1. The van der Waals surface area contributed by atoms with Crippen molar-refractivity contribution in [3.05, 3.63) is 62.9 Å². The lowest BCUT2D eigenvalue weighted by Gasteiger charge is -2.31. The van der Waals surface area contributed by atoms with Gasteiger partial charge < -0.3 is 24.8 Å². The highest BCUT2D eigenvalue weighted by Gasteiger charge is 2.32. The summed E-state index contributed by atoms with van der Waals surface area (Å²) in [7, 11) is 0. The molecule has 1 aliphatic heterocycles. The zero-order valence-corrected chi connectivity index (χ0v) is 22.7. The van der Waals surface area contributed by atoms with Gasteiger partial charge in [-0.25, -0.2) is 13.6 Å². The van der Waals surface area contributed by atoms with E-state index in [2.05, 4.69) is 5.32 Å². The molecule has 0 unspecified atom stereocenters. The van der Waals surface area contributed by atoms with Crippen LogP contribution in [0.3, 0.4) is 0 Å². The second kappa shape index (κ2) is 13.7. The van der Waals surface area contributed by atoms with Crippen molar-refractivity contribution >= 4 is 47.0 Å². The largest absolute Gasteiger partial charge is 0.481 e. The molecule has 2 amide bonds. The molecule has 1 atom stereocenters. The number of nitrogens with zero attached hydrogens (tertiary/aromatic N) is 1. The normalized spacial score (nSPS) is 14.4. The first-order valence-electron chi connectivity index (χ1n) is 12.0. The first-order chi connectivity index (χ1) is 18.9. The van der Waals surface area contributed by atoms with Crippen molar-refractivity contribution in [3.8, 4) is 5.75 Å². The minimum Gasteiger partial charge on any atom is -0.481 e. The molecule has 1 saturated heterocycles. The van der Waals surface area contributed by atoms with E-state index in [-0.39, 0.29) is 38.1 Å². The molecule has 40 heavy (non-hydrogen) atoms. The number of likely N-dealkylation sites (tertiary alicyclic amines) is 1. The lowest BCUT2D eigenvalue weighted by molar-refractivity contribution is -0.141. The first kappa shape index (κ1) is 31.0. The average Bonchev–Trinajstić information content (AvgIpc) is 2.91. The second-order valence-corrected chi connectivity index (χ2v) is 9.94.